The van der Waals surface area contributed by atoms with E-state index in [4.69, 9.17) is 0 Å². The Morgan fingerprint density at radius 3 is 2.75 bits per heavy atom. The van der Waals surface area contributed by atoms with E-state index in [-0.39, 0.29) is 5.63 Å². The van der Waals surface area contributed by atoms with Crippen LogP contribution in [0.25, 0.3) is 0 Å². The topological polar surface area (TPSA) is 30.2 Å². The molecule has 0 atom stereocenters. The molecule has 42 valence electrons. The minimum Gasteiger partial charge on any atom is -0.431 e. The second-order valence-electron chi connectivity index (χ2n) is 1.63. The third kappa shape index (κ3) is 0.964. The molecule has 0 aromatic carbocycles. The van der Waals surface area contributed by atoms with E-state index in [2.05, 4.69) is 4.42 Å². The molecule has 0 aliphatic carbocycles. The molecule has 2 heteroatoms. The number of rotatable bonds is 0. The molecule has 1 aromatic rings. The Kier molecular flexibility index (Phi) is 1.16. The van der Waals surface area contributed by atoms with Crippen LogP contribution in [0.15, 0.2) is 27.6 Å². The largest absolute Gasteiger partial charge is 0.431 e. The van der Waals surface area contributed by atoms with Crippen molar-refractivity contribution < 1.29 is 4.42 Å². The van der Waals surface area contributed by atoms with E-state index >= 15 is 0 Å². The molecular weight excluding hydrogens is 104 g/mol. The van der Waals surface area contributed by atoms with Gasteiger partial charge in [-0.2, -0.15) is 0 Å². The molecule has 0 bridgehead atoms. The van der Waals surface area contributed by atoms with Crippen LogP contribution in [0.3, 0.4) is 0 Å². The Labute approximate surface area is 46.8 Å². The molecule has 0 radical (unpaired) electrons. The van der Waals surface area contributed by atoms with Crippen molar-refractivity contribution >= 4 is 0 Å². The maximum absolute atomic E-state index is 10.3. The zero-order valence-electron chi connectivity index (χ0n) is 4.55. The quantitative estimate of drug-likeness (QED) is 0.497. The Morgan fingerprint density at radius 2 is 2.38 bits per heavy atom. The first-order chi connectivity index (χ1) is 3.79. The summed E-state index contributed by atoms with van der Waals surface area (Å²) in [5.41, 5.74) is 0.645. The van der Waals surface area contributed by atoms with Crippen molar-refractivity contribution in [3.8, 4) is 0 Å². The van der Waals surface area contributed by atoms with E-state index < -0.39 is 0 Å². The summed E-state index contributed by atoms with van der Waals surface area (Å²) in [4.78, 5) is 10.3. The summed E-state index contributed by atoms with van der Waals surface area (Å²) in [7, 11) is 0. The molecule has 0 saturated carbocycles. The Bertz CT molecular complexity index is 224. The normalized spacial score (nSPS) is 9.12. The van der Waals surface area contributed by atoms with Crippen LogP contribution in [0, 0.1) is 6.92 Å². The zero-order valence-corrected chi connectivity index (χ0v) is 4.55. The first kappa shape index (κ1) is 5.09. The van der Waals surface area contributed by atoms with Crippen molar-refractivity contribution in [1.82, 2.24) is 0 Å². The van der Waals surface area contributed by atoms with Gasteiger partial charge in [-0.05, 0) is 18.6 Å². The highest BCUT2D eigenvalue weighted by Gasteiger charge is 1.82. The van der Waals surface area contributed by atoms with Gasteiger partial charge in [0.25, 0.3) is 0 Å². The molecule has 0 saturated heterocycles. The molecule has 1 heterocycles. The van der Waals surface area contributed by atoms with Crippen LogP contribution >= 0.6 is 0 Å². The zero-order chi connectivity index (χ0) is 5.98. The smallest absolute Gasteiger partial charge is 0.335 e. The summed E-state index contributed by atoms with van der Waals surface area (Å²) in [5.74, 6) is 0. The van der Waals surface area contributed by atoms with Crippen LogP contribution < -0.4 is 5.63 Å². The van der Waals surface area contributed by atoms with E-state index in [1.807, 2.05) is 6.92 Å². The lowest BCUT2D eigenvalue weighted by molar-refractivity contribution is 0.509. The van der Waals surface area contributed by atoms with Crippen molar-refractivity contribution in [2.75, 3.05) is 0 Å². The van der Waals surface area contributed by atoms with Crippen molar-refractivity contribution in [2.45, 2.75) is 6.92 Å². The lowest BCUT2D eigenvalue weighted by Crippen LogP contribution is -1.93. The van der Waals surface area contributed by atoms with Gasteiger partial charge >= 0.3 is 5.63 Å². The van der Waals surface area contributed by atoms with E-state index in [0.29, 0.717) is 0 Å². The maximum Gasteiger partial charge on any atom is 0.335 e. The van der Waals surface area contributed by atoms with Gasteiger partial charge in [0.05, 0.1) is 6.26 Å². The molecule has 0 aliphatic heterocycles. The van der Waals surface area contributed by atoms with Crippen LogP contribution in [0.4, 0.5) is 0 Å². The summed E-state index contributed by atoms with van der Waals surface area (Å²) in [6.45, 7) is 1.84. The van der Waals surface area contributed by atoms with Crippen molar-refractivity contribution in [2.24, 2.45) is 0 Å². The number of aryl methyl sites for hydroxylation is 1. The fourth-order valence-electron chi connectivity index (χ4n) is 0.476. The van der Waals surface area contributed by atoms with Gasteiger partial charge in [-0.3, -0.25) is 0 Å². The summed E-state index contributed by atoms with van der Waals surface area (Å²) in [5, 5.41) is 0. The summed E-state index contributed by atoms with van der Waals surface area (Å²) < 4.78 is 4.45. The predicted octanol–water partition coefficient (Wildman–Crippen LogP) is 0.948. The van der Waals surface area contributed by atoms with Crippen molar-refractivity contribution in [1.29, 1.82) is 0 Å². The lowest BCUT2D eigenvalue weighted by atomic mass is 10.3. The Morgan fingerprint density at radius 1 is 1.62 bits per heavy atom. The SMILES string of the molecule is Cc1ccoc(=O)c1. The molecule has 8 heavy (non-hydrogen) atoms. The van der Waals surface area contributed by atoms with Crippen LogP contribution in [0.5, 0.6) is 0 Å². The molecular formula is C6H6O2. The molecule has 0 spiro atoms. The van der Waals surface area contributed by atoms with Gasteiger partial charge < -0.3 is 4.42 Å². The van der Waals surface area contributed by atoms with Gasteiger partial charge in [-0.25, -0.2) is 4.79 Å². The first-order valence-corrected chi connectivity index (χ1v) is 2.34. The van der Waals surface area contributed by atoms with Gasteiger partial charge in [0.2, 0.25) is 0 Å². The molecule has 2 nitrogen and oxygen atoms in total. The Balaban J connectivity index is 3.28. The highest BCUT2D eigenvalue weighted by molar-refractivity contribution is 5.03. The maximum atomic E-state index is 10.3. The third-order valence-corrected chi connectivity index (χ3v) is 0.861. The third-order valence-electron chi connectivity index (χ3n) is 0.861. The number of hydrogen-bond acceptors (Lipinski definition) is 2. The lowest BCUT2D eigenvalue weighted by Gasteiger charge is -1.82. The highest BCUT2D eigenvalue weighted by atomic mass is 16.4. The van der Waals surface area contributed by atoms with Gasteiger partial charge in [-0.15, -0.1) is 0 Å². The molecule has 0 fully saturated rings. The van der Waals surface area contributed by atoms with Crippen molar-refractivity contribution in [3.63, 3.8) is 0 Å². The standard InChI is InChI=1S/C6H6O2/c1-5-2-3-8-6(7)4-5/h2-4H,1H3. The molecule has 1 aromatic heterocycles. The van der Waals surface area contributed by atoms with Crippen molar-refractivity contribution in [3.05, 3.63) is 34.4 Å². The van der Waals surface area contributed by atoms with Crippen LogP contribution in [0.1, 0.15) is 5.56 Å². The van der Waals surface area contributed by atoms with E-state index in [1.165, 1.54) is 12.3 Å². The molecule has 0 amide bonds. The van der Waals surface area contributed by atoms with Gasteiger partial charge in [0.15, 0.2) is 0 Å². The molecule has 0 unspecified atom stereocenters. The molecule has 0 N–H and O–H groups in total. The van der Waals surface area contributed by atoms with Crippen LogP contribution in [-0.2, 0) is 0 Å². The minimum atomic E-state index is -0.287. The summed E-state index contributed by atoms with van der Waals surface area (Å²) in [6, 6.07) is 3.18. The minimum absolute atomic E-state index is 0.287. The average molecular weight is 110 g/mol. The highest BCUT2D eigenvalue weighted by Crippen LogP contribution is 1.87. The second-order valence-corrected chi connectivity index (χ2v) is 1.63. The summed E-state index contributed by atoms with van der Waals surface area (Å²) in [6.07, 6.45) is 1.39. The summed E-state index contributed by atoms with van der Waals surface area (Å²) >= 11 is 0. The van der Waals surface area contributed by atoms with E-state index in [0.717, 1.165) is 5.56 Å². The fourth-order valence-corrected chi connectivity index (χ4v) is 0.476. The van der Waals surface area contributed by atoms with E-state index in [1.54, 1.807) is 6.07 Å². The van der Waals surface area contributed by atoms with Gasteiger partial charge in [0.1, 0.15) is 0 Å². The van der Waals surface area contributed by atoms with Crippen LogP contribution in [0.2, 0.25) is 0 Å². The Hall–Kier alpha value is -1.05. The number of hydrogen-bond donors (Lipinski definition) is 0. The predicted molar refractivity (Wildman–Crippen MR) is 29.7 cm³/mol. The first-order valence-electron chi connectivity index (χ1n) is 2.34. The monoisotopic (exact) mass is 110 g/mol. The fraction of sp³-hybridized carbons (Fsp3) is 0.167. The average Bonchev–Trinajstić information content (AvgIpc) is 1.64. The molecule has 0 aliphatic rings. The van der Waals surface area contributed by atoms with Gasteiger partial charge in [-0.1, -0.05) is 0 Å². The molecule has 1 rings (SSSR count). The van der Waals surface area contributed by atoms with E-state index in [9.17, 15) is 4.79 Å². The van der Waals surface area contributed by atoms with Gasteiger partial charge in [0, 0.05) is 6.07 Å². The van der Waals surface area contributed by atoms with Crippen LogP contribution in [-0.4, -0.2) is 0 Å². The second kappa shape index (κ2) is 1.82.